The van der Waals surface area contributed by atoms with E-state index in [-0.39, 0.29) is 11.9 Å². The maximum atomic E-state index is 12.3. The summed E-state index contributed by atoms with van der Waals surface area (Å²) in [5.74, 6) is -0.694. The van der Waals surface area contributed by atoms with Gasteiger partial charge in [0.25, 0.3) is 0 Å². The highest BCUT2D eigenvalue weighted by Crippen LogP contribution is 2.41. The Balaban J connectivity index is 0. The molecule has 0 saturated heterocycles. The number of carbonyl (C=O) groups is 2. The maximum absolute atomic E-state index is 12.3. The van der Waals surface area contributed by atoms with Gasteiger partial charge < -0.3 is 91.8 Å². The van der Waals surface area contributed by atoms with Crippen molar-refractivity contribution < 1.29 is 101 Å². The number of carbonyl (C=O) groups excluding carboxylic acids is 2. The average Bonchev–Trinajstić information content (AvgIpc) is 0.760. The van der Waals surface area contributed by atoms with Gasteiger partial charge in [-0.3, -0.25) is 0 Å². The molecule has 0 bridgehead atoms. The summed E-state index contributed by atoms with van der Waals surface area (Å²) < 4.78 is 151. The molecule has 0 aliphatic carbocycles. The minimum absolute atomic E-state index is 0.304. The second-order valence-electron chi connectivity index (χ2n) is 51.6. The van der Waals surface area contributed by atoms with Gasteiger partial charge in [0, 0.05) is 34.5 Å². The standard InChI is InChI=1S/C31H80O8Si10.C30H76O8Si12.C28H74O8Si10/c1-30(2)31(32)33-22-21-26-49(37-46(15,16)27-23-40(3)34-43(6,7)8,38-47(17,18)28-24-41(4)35-44(9,10)11)39-48(19,20)29-25-42(5)36-45(12,13)14;1-18-29-19-21-30(22-20-29)50(36-46(12,13)25-23-39-31-41(2)3,37-47(14,15)26-24-40-32-42(4)5)38-48(16,17)27-28-49(33-43(6)7,34-44(8)9)35-45(10)11;1-27(2)28(29)30-19-18-23-46(34-43(12,13)24-20-40(9)31-37(3)4,35-44(14,15)25-21-41(10)32-38(5)6)36-45(16,17)26-22-42(11)33-39(7)8/h40-42H,1,21-29H2,2-20H3;18-22,41-45H,1,23-28,39-40H2,2-17H3;37-42H,1,18-26H2,2-17H3. The Hall–Kier alpha value is 3.52. The van der Waals surface area contributed by atoms with Gasteiger partial charge in [0.2, 0.25) is 0 Å². The second-order valence-corrected chi connectivity index (χ2v) is 159. The smallest absolute Gasteiger partial charge is 0.463 e. The molecule has 6 unspecified atom stereocenters. The quantitative estimate of drug-likeness (QED) is 0.0255. The van der Waals surface area contributed by atoms with Crippen molar-refractivity contribution in [3.8, 4) is 0 Å². The van der Waals surface area contributed by atoms with Crippen LogP contribution in [0.15, 0.2) is 55.1 Å². The zero-order chi connectivity index (χ0) is 113. The number of hydrogen-bond donors (Lipinski definition) is 0. The van der Waals surface area contributed by atoms with Gasteiger partial charge in [-0.15, -0.1) is 0 Å². The predicted octanol–water partition coefficient (Wildman–Crippen LogP) is 23.0. The summed E-state index contributed by atoms with van der Waals surface area (Å²) in [6.45, 7) is 128. The van der Waals surface area contributed by atoms with Crippen LogP contribution >= 0.6 is 0 Å². The van der Waals surface area contributed by atoms with Gasteiger partial charge in [-0.25, -0.2) is 9.59 Å². The summed E-state index contributed by atoms with van der Waals surface area (Å²) in [7, 11) is -56.0. The molecule has 0 N–H and O–H groups in total. The molecule has 0 aromatic heterocycles. The van der Waals surface area contributed by atoms with Crippen molar-refractivity contribution in [3.05, 3.63) is 60.7 Å². The minimum Gasteiger partial charge on any atom is -0.463 e. The van der Waals surface area contributed by atoms with Crippen LogP contribution in [-0.2, 0) is 101 Å². The molecule has 0 amide bonds. The van der Waals surface area contributed by atoms with Crippen molar-refractivity contribution in [2.75, 3.05) is 13.2 Å². The van der Waals surface area contributed by atoms with E-state index < -0.39 is 281 Å². The molecule has 1 aromatic rings. The van der Waals surface area contributed by atoms with Crippen LogP contribution in [0.1, 0.15) is 32.3 Å². The van der Waals surface area contributed by atoms with Gasteiger partial charge in [-0.2, -0.15) is 0 Å². The zero-order valence-corrected chi connectivity index (χ0v) is 138. The Morgan fingerprint density at radius 1 is 0.283 bits per heavy atom. The highest BCUT2D eigenvalue weighted by atomic mass is 28.5. The van der Waals surface area contributed by atoms with Crippen LogP contribution in [0.25, 0.3) is 6.08 Å². The van der Waals surface area contributed by atoms with Crippen LogP contribution in [0, 0.1) is 0 Å². The average molecular weight is 2580 g/mol. The van der Waals surface area contributed by atoms with E-state index in [1.807, 2.05) is 6.08 Å². The number of benzene rings is 1. The van der Waals surface area contributed by atoms with Crippen molar-refractivity contribution in [1.82, 2.24) is 0 Å². The van der Waals surface area contributed by atoms with Crippen molar-refractivity contribution in [2.45, 2.75) is 468 Å². The molecule has 0 fully saturated rings. The van der Waals surface area contributed by atoms with Gasteiger partial charge in [0.1, 0.15) is 19.5 Å². The molecule has 56 heteroatoms. The first-order valence-corrected chi connectivity index (χ1v) is 141. The third-order valence-electron chi connectivity index (χ3n) is 22.9. The summed E-state index contributed by atoms with van der Waals surface area (Å²) in [6.07, 6.45) is 3.19. The Bertz CT molecular complexity index is 3510. The van der Waals surface area contributed by atoms with Gasteiger partial charge in [-0.1, -0.05) is 50.1 Å². The Morgan fingerprint density at radius 2 is 0.517 bits per heavy atom. The first kappa shape index (κ1) is 151. The second kappa shape index (κ2) is 70.1. The Morgan fingerprint density at radius 3 is 0.731 bits per heavy atom. The fraction of sp³-hybridized carbons (Fsp3) is 0.843. The molecule has 145 heavy (non-hydrogen) atoms. The monoisotopic (exact) mass is 2580 g/mol. The summed E-state index contributed by atoms with van der Waals surface area (Å²) in [4.78, 5) is 24.5. The van der Waals surface area contributed by atoms with Crippen molar-refractivity contribution in [1.29, 1.82) is 0 Å². The first-order chi connectivity index (χ1) is 65.6. The number of ether oxygens (including phenoxy) is 2. The Kier molecular flexibility index (Phi) is 72.8. The van der Waals surface area contributed by atoms with E-state index in [1.165, 1.54) is 0 Å². The van der Waals surface area contributed by atoms with Crippen LogP contribution in [0.2, 0.25) is 442 Å². The van der Waals surface area contributed by atoms with Crippen molar-refractivity contribution in [3.63, 3.8) is 0 Å². The largest absolute Gasteiger partial charge is 0.505 e. The fourth-order valence-corrected chi connectivity index (χ4v) is 144. The SMILES string of the molecule is C=C(C)C(=O)OCCC[Si](O[Si](C)(C)CC[SiH](C)O[SiH](C)C)(O[Si](C)(C)CC[SiH](C)O[SiH](C)C)O[Si](C)(C)CC[SiH](C)O[SiH](C)C.C=C(C)C(=O)OCCC[Si](O[Si](C)(C)CC[SiH](C)O[Si](C)(C)C)(O[Si](C)(C)CC[SiH](C)O[Si](C)(C)C)O[Si](C)(C)CC[SiH](C)O[Si](C)(C)C.C=Cc1ccc([Si](O[Si](C)(C)CC[SiH2]O[SiH](C)C)(O[Si](C)(C)CC[SiH2]O[SiH](C)C)O[Si](C)(C)CC[Si](O[SiH](C)C)(O[SiH](C)C)O[SiH](C)C)cc1. The van der Waals surface area contributed by atoms with Gasteiger partial charge >= 0.3 is 47.2 Å². The van der Waals surface area contributed by atoms with E-state index in [9.17, 15) is 9.59 Å². The van der Waals surface area contributed by atoms with Crippen LogP contribution in [0.3, 0.4) is 0 Å². The van der Waals surface area contributed by atoms with Crippen molar-refractivity contribution in [2.24, 2.45) is 0 Å². The topological polar surface area (TPSA) is 237 Å². The summed E-state index contributed by atoms with van der Waals surface area (Å²) in [5, 5.41) is 1.07. The molecule has 1 aromatic carbocycles. The lowest BCUT2D eigenvalue weighted by Crippen LogP contribution is -2.68. The zero-order valence-electron chi connectivity index (χ0n) is 103. The summed E-state index contributed by atoms with van der Waals surface area (Å²) in [6, 6.07) is 28.9. The van der Waals surface area contributed by atoms with Gasteiger partial charge in [0.05, 0.1) is 13.2 Å². The number of esters is 2. The number of rotatable bonds is 79. The highest BCUT2D eigenvalue weighted by molar-refractivity contribution is 6.98. The lowest BCUT2D eigenvalue weighted by Gasteiger charge is -2.45. The Labute approximate surface area is 938 Å². The molecule has 1 rings (SSSR count). The normalized spacial score (nSPS) is 16.2. The van der Waals surface area contributed by atoms with E-state index in [0.717, 1.165) is 120 Å². The van der Waals surface area contributed by atoms with Crippen LogP contribution < -0.4 is 5.19 Å². The first-order valence-electron chi connectivity index (χ1n) is 55.5. The molecule has 0 spiro atoms. The number of hydrogen-bond acceptors (Lipinski definition) is 24. The molecule has 0 aliphatic rings. The molecular weight excluding hydrogens is 2350 g/mol. The molecular formula is C89H230O24Si32. The molecule has 6 atom stereocenters. The lowest BCUT2D eigenvalue weighted by molar-refractivity contribution is -0.139. The fourth-order valence-electron chi connectivity index (χ4n) is 17.0. The molecule has 0 aliphatic heterocycles. The van der Waals surface area contributed by atoms with E-state index in [0.29, 0.717) is 49.3 Å². The van der Waals surface area contributed by atoms with Crippen LogP contribution in [-0.4, -0.2) is 306 Å². The highest BCUT2D eigenvalue weighted by Gasteiger charge is 2.58. The maximum Gasteiger partial charge on any atom is 0.505 e. The third-order valence-corrected chi connectivity index (χ3v) is 127. The summed E-state index contributed by atoms with van der Waals surface area (Å²) in [5.41, 5.74) is 1.92. The molecule has 24 nitrogen and oxygen atoms in total. The van der Waals surface area contributed by atoms with Gasteiger partial charge in [-0.05, 0) is 456 Å². The van der Waals surface area contributed by atoms with Crippen LogP contribution in [0.4, 0.5) is 0 Å². The minimum atomic E-state index is -3.43. The molecule has 858 valence electrons. The lowest BCUT2D eigenvalue weighted by atomic mass is 10.2. The van der Waals surface area contributed by atoms with Crippen molar-refractivity contribution >= 4 is 304 Å². The summed E-state index contributed by atoms with van der Waals surface area (Å²) >= 11 is 0. The van der Waals surface area contributed by atoms with E-state index >= 15 is 0 Å². The third kappa shape index (κ3) is 77.7. The van der Waals surface area contributed by atoms with Gasteiger partial charge in [0.15, 0.2) is 226 Å². The molecule has 0 heterocycles. The van der Waals surface area contributed by atoms with E-state index in [4.69, 9.17) is 91.8 Å². The molecule has 0 saturated carbocycles. The van der Waals surface area contributed by atoms with E-state index in [1.54, 1.807) is 13.8 Å². The molecule has 0 radical (unpaired) electrons. The van der Waals surface area contributed by atoms with Crippen LogP contribution in [0.5, 0.6) is 0 Å². The predicted molar refractivity (Wildman–Crippen MR) is 711 cm³/mol. The van der Waals surface area contributed by atoms with E-state index in [2.05, 4.69) is 365 Å².